The molecule has 3 rings (SSSR count). The zero-order valence-corrected chi connectivity index (χ0v) is 9.13. The minimum Gasteiger partial charge on any atom is -0.486 e. The normalized spacial score (nSPS) is 10.6. The van der Waals surface area contributed by atoms with Crippen molar-refractivity contribution in [1.29, 1.82) is 0 Å². The second kappa shape index (κ2) is 4.25. The highest BCUT2D eigenvalue weighted by molar-refractivity contribution is 5.69. The molecular weight excluding hydrogens is 214 g/mol. The summed E-state index contributed by atoms with van der Waals surface area (Å²) in [7, 11) is 0. The van der Waals surface area contributed by atoms with Crippen LogP contribution in [0.2, 0.25) is 0 Å². The molecule has 0 saturated carbocycles. The number of rotatable bonds is 3. The Balaban J connectivity index is 1.77. The minimum absolute atomic E-state index is 0.417. The van der Waals surface area contributed by atoms with Crippen LogP contribution in [0.5, 0.6) is 5.75 Å². The fraction of sp³-hybridized carbons (Fsp3) is 0.0769. The smallest absolute Gasteiger partial charge is 0.177 e. The van der Waals surface area contributed by atoms with E-state index in [0.29, 0.717) is 6.61 Å². The number of hydrogen-bond acceptors (Lipinski definition) is 3. The molecule has 0 radical (unpaired) electrons. The van der Waals surface area contributed by atoms with Crippen LogP contribution in [0.25, 0.3) is 11.2 Å². The van der Waals surface area contributed by atoms with E-state index >= 15 is 0 Å². The number of para-hydroxylation sites is 1. The number of nitrogens with zero attached hydrogens (tertiary/aromatic N) is 2. The van der Waals surface area contributed by atoms with E-state index in [0.717, 1.165) is 22.7 Å². The van der Waals surface area contributed by atoms with Crippen LogP contribution in [0.3, 0.4) is 0 Å². The highest BCUT2D eigenvalue weighted by Crippen LogP contribution is 2.12. The zero-order chi connectivity index (χ0) is 11.5. The number of fused-ring (bicyclic) bond motifs is 1. The summed E-state index contributed by atoms with van der Waals surface area (Å²) in [6, 6.07) is 13.5. The van der Waals surface area contributed by atoms with Crippen molar-refractivity contribution in [2.75, 3.05) is 0 Å². The molecule has 3 aromatic rings. The Bertz CT molecular complexity index is 586. The molecule has 0 amide bonds. The van der Waals surface area contributed by atoms with Gasteiger partial charge in [0.15, 0.2) is 5.65 Å². The molecule has 0 aliphatic rings. The Labute approximate surface area is 98.3 Å². The SMILES string of the molecule is c1ccc(OCc2nc3ncccc3[nH]2)cc1. The van der Waals surface area contributed by atoms with Crippen LogP contribution in [0.1, 0.15) is 5.82 Å². The van der Waals surface area contributed by atoms with Crippen molar-refractivity contribution in [3.63, 3.8) is 0 Å². The van der Waals surface area contributed by atoms with Crippen LogP contribution in [0.4, 0.5) is 0 Å². The summed E-state index contributed by atoms with van der Waals surface area (Å²) >= 11 is 0. The number of benzene rings is 1. The fourth-order valence-corrected chi connectivity index (χ4v) is 1.63. The largest absolute Gasteiger partial charge is 0.486 e. The molecule has 0 spiro atoms. The maximum Gasteiger partial charge on any atom is 0.177 e. The van der Waals surface area contributed by atoms with Crippen molar-refractivity contribution in [2.24, 2.45) is 0 Å². The van der Waals surface area contributed by atoms with Gasteiger partial charge in [0.2, 0.25) is 0 Å². The van der Waals surface area contributed by atoms with Crippen molar-refractivity contribution < 1.29 is 4.74 Å². The Hall–Kier alpha value is -2.36. The van der Waals surface area contributed by atoms with Gasteiger partial charge in [-0.25, -0.2) is 9.97 Å². The van der Waals surface area contributed by atoms with Crippen LogP contribution in [0, 0.1) is 0 Å². The summed E-state index contributed by atoms with van der Waals surface area (Å²) in [5.74, 6) is 1.61. The van der Waals surface area contributed by atoms with Crippen LogP contribution in [-0.4, -0.2) is 15.0 Å². The first-order valence-electron chi connectivity index (χ1n) is 5.39. The van der Waals surface area contributed by atoms with Gasteiger partial charge in [-0.2, -0.15) is 0 Å². The van der Waals surface area contributed by atoms with Crippen LogP contribution < -0.4 is 4.74 Å². The summed E-state index contributed by atoms with van der Waals surface area (Å²) in [4.78, 5) is 11.7. The average molecular weight is 225 g/mol. The number of imidazole rings is 1. The van der Waals surface area contributed by atoms with E-state index in [-0.39, 0.29) is 0 Å². The number of aromatic amines is 1. The summed E-state index contributed by atoms with van der Waals surface area (Å²) < 4.78 is 5.60. The Morgan fingerprint density at radius 1 is 1.06 bits per heavy atom. The van der Waals surface area contributed by atoms with E-state index < -0.39 is 0 Å². The molecular formula is C13H11N3O. The highest BCUT2D eigenvalue weighted by atomic mass is 16.5. The molecule has 84 valence electrons. The lowest BCUT2D eigenvalue weighted by Gasteiger charge is -2.02. The predicted molar refractivity (Wildman–Crippen MR) is 64.7 cm³/mol. The molecule has 2 heterocycles. The van der Waals surface area contributed by atoms with Crippen molar-refractivity contribution >= 4 is 11.2 Å². The van der Waals surface area contributed by atoms with Crippen molar-refractivity contribution in [1.82, 2.24) is 15.0 Å². The van der Waals surface area contributed by atoms with E-state index in [1.165, 1.54) is 0 Å². The molecule has 0 bridgehead atoms. The third-order valence-electron chi connectivity index (χ3n) is 2.43. The minimum atomic E-state index is 0.417. The molecule has 0 fully saturated rings. The lowest BCUT2D eigenvalue weighted by molar-refractivity contribution is 0.297. The van der Waals surface area contributed by atoms with E-state index in [2.05, 4.69) is 15.0 Å². The lowest BCUT2D eigenvalue weighted by atomic mass is 10.3. The molecule has 17 heavy (non-hydrogen) atoms. The van der Waals surface area contributed by atoms with E-state index in [1.54, 1.807) is 6.20 Å². The van der Waals surface area contributed by atoms with Crippen molar-refractivity contribution in [3.05, 3.63) is 54.5 Å². The van der Waals surface area contributed by atoms with Gasteiger partial charge < -0.3 is 9.72 Å². The molecule has 0 unspecified atom stereocenters. The molecule has 0 saturated heterocycles. The summed E-state index contributed by atoms with van der Waals surface area (Å²) in [5, 5.41) is 0. The first kappa shape index (κ1) is 9.84. The van der Waals surface area contributed by atoms with Gasteiger partial charge in [0.05, 0.1) is 5.52 Å². The van der Waals surface area contributed by atoms with Crippen molar-refractivity contribution in [2.45, 2.75) is 6.61 Å². The van der Waals surface area contributed by atoms with Gasteiger partial charge in [-0.15, -0.1) is 0 Å². The monoisotopic (exact) mass is 225 g/mol. The van der Waals surface area contributed by atoms with E-state index in [4.69, 9.17) is 4.74 Å². The maximum absolute atomic E-state index is 5.60. The van der Waals surface area contributed by atoms with Gasteiger partial charge in [-0.05, 0) is 24.3 Å². The van der Waals surface area contributed by atoms with Gasteiger partial charge in [0.25, 0.3) is 0 Å². The number of ether oxygens (including phenoxy) is 1. The standard InChI is InChI=1S/C13H11N3O/c1-2-5-10(6-3-1)17-9-12-15-11-7-4-8-14-13(11)16-12/h1-8H,9H2,(H,14,15,16). The zero-order valence-electron chi connectivity index (χ0n) is 9.13. The Morgan fingerprint density at radius 2 is 1.94 bits per heavy atom. The summed E-state index contributed by atoms with van der Waals surface area (Å²) in [6.45, 7) is 0.417. The first-order valence-corrected chi connectivity index (χ1v) is 5.39. The second-order valence-electron chi connectivity index (χ2n) is 3.66. The fourth-order valence-electron chi connectivity index (χ4n) is 1.63. The lowest BCUT2D eigenvalue weighted by Crippen LogP contribution is -1.96. The number of hydrogen-bond donors (Lipinski definition) is 1. The quantitative estimate of drug-likeness (QED) is 0.745. The Kier molecular flexibility index (Phi) is 2.46. The first-order chi connectivity index (χ1) is 8.42. The van der Waals surface area contributed by atoms with Crippen LogP contribution >= 0.6 is 0 Å². The highest BCUT2D eigenvalue weighted by Gasteiger charge is 2.03. The van der Waals surface area contributed by atoms with E-state index in [9.17, 15) is 0 Å². The van der Waals surface area contributed by atoms with Gasteiger partial charge in [0.1, 0.15) is 18.2 Å². The molecule has 1 N–H and O–H groups in total. The van der Waals surface area contributed by atoms with Gasteiger partial charge in [0, 0.05) is 6.20 Å². The molecule has 0 aliphatic carbocycles. The number of H-pyrrole nitrogens is 1. The third kappa shape index (κ3) is 2.10. The summed E-state index contributed by atoms with van der Waals surface area (Å²) in [5.41, 5.74) is 1.65. The topological polar surface area (TPSA) is 50.8 Å². The molecule has 2 aromatic heterocycles. The Morgan fingerprint density at radius 3 is 2.76 bits per heavy atom. The average Bonchev–Trinajstić information content (AvgIpc) is 2.80. The van der Waals surface area contributed by atoms with Gasteiger partial charge in [-0.1, -0.05) is 18.2 Å². The number of pyridine rings is 1. The second-order valence-corrected chi connectivity index (χ2v) is 3.66. The molecule has 0 atom stereocenters. The van der Waals surface area contributed by atoms with E-state index in [1.807, 2.05) is 42.5 Å². The molecule has 1 aromatic carbocycles. The predicted octanol–water partition coefficient (Wildman–Crippen LogP) is 2.54. The maximum atomic E-state index is 5.60. The number of aromatic nitrogens is 3. The van der Waals surface area contributed by atoms with Gasteiger partial charge in [-0.3, -0.25) is 0 Å². The van der Waals surface area contributed by atoms with Crippen LogP contribution in [0.15, 0.2) is 48.7 Å². The summed E-state index contributed by atoms with van der Waals surface area (Å²) in [6.07, 6.45) is 1.73. The van der Waals surface area contributed by atoms with Crippen LogP contribution in [-0.2, 0) is 6.61 Å². The van der Waals surface area contributed by atoms with Crippen molar-refractivity contribution in [3.8, 4) is 5.75 Å². The third-order valence-corrected chi connectivity index (χ3v) is 2.43. The molecule has 4 nitrogen and oxygen atoms in total. The molecule has 0 aliphatic heterocycles. The molecule has 4 heteroatoms. The number of nitrogens with one attached hydrogen (secondary N) is 1. The van der Waals surface area contributed by atoms with Gasteiger partial charge >= 0.3 is 0 Å².